The van der Waals surface area contributed by atoms with Crippen molar-refractivity contribution in [3.63, 3.8) is 0 Å². The lowest BCUT2D eigenvalue weighted by molar-refractivity contribution is -0.212. The van der Waals surface area contributed by atoms with Crippen molar-refractivity contribution in [1.29, 1.82) is 0 Å². The molecule has 0 aromatic rings. The number of rotatable bonds is 4. The summed E-state index contributed by atoms with van der Waals surface area (Å²) in [6.45, 7) is 13.9. The van der Waals surface area contributed by atoms with Crippen molar-refractivity contribution in [1.82, 2.24) is 0 Å². The topological polar surface area (TPSA) is 138 Å². The van der Waals surface area contributed by atoms with E-state index in [4.69, 9.17) is 0 Å². The molecule has 0 aromatic carbocycles. The molecule has 3 saturated carbocycles. The van der Waals surface area contributed by atoms with Gasteiger partial charge >= 0.3 is 0 Å². The second kappa shape index (κ2) is 8.33. The van der Waals surface area contributed by atoms with Crippen LogP contribution in [0.1, 0.15) is 93.4 Å². The highest BCUT2D eigenvalue weighted by Gasteiger charge is 2.71. The Morgan fingerprint density at radius 1 is 0.972 bits per heavy atom. The molecule has 0 amide bonds. The Morgan fingerprint density at radius 2 is 1.56 bits per heavy atom. The van der Waals surface area contributed by atoms with Gasteiger partial charge in [-0.15, -0.1) is 0 Å². The van der Waals surface area contributed by atoms with Crippen LogP contribution in [0.15, 0.2) is 11.6 Å². The first kappa shape index (κ1) is 28.2. The minimum atomic E-state index is -1.80. The molecule has 3 fully saturated rings. The lowest BCUT2D eigenvalue weighted by atomic mass is 9.44. The number of ketones is 1. The van der Waals surface area contributed by atoms with E-state index >= 15 is 0 Å². The minimum Gasteiger partial charge on any atom is -0.390 e. The van der Waals surface area contributed by atoms with Crippen molar-refractivity contribution < 1.29 is 35.4 Å². The smallest absolute Gasteiger partial charge is 0.187 e. The molecule has 0 saturated heterocycles. The van der Waals surface area contributed by atoms with Gasteiger partial charge in [-0.25, -0.2) is 0 Å². The van der Waals surface area contributed by atoms with Gasteiger partial charge < -0.3 is 30.6 Å². The van der Waals surface area contributed by atoms with E-state index in [2.05, 4.69) is 27.7 Å². The molecule has 4 aliphatic carbocycles. The summed E-state index contributed by atoms with van der Waals surface area (Å²) in [4.78, 5) is 13.4. The first-order valence-corrected chi connectivity index (χ1v) is 13.7. The Labute approximate surface area is 215 Å². The van der Waals surface area contributed by atoms with Gasteiger partial charge in [0.25, 0.3) is 0 Å². The molecule has 1 unspecified atom stereocenters. The van der Waals surface area contributed by atoms with E-state index in [0.29, 0.717) is 37.7 Å². The highest BCUT2D eigenvalue weighted by atomic mass is 16.3. The number of aliphatic hydroxyl groups is 6. The van der Waals surface area contributed by atoms with Crippen LogP contribution < -0.4 is 0 Å². The van der Waals surface area contributed by atoms with Gasteiger partial charge in [0.2, 0.25) is 0 Å². The van der Waals surface area contributed by atoms with Crippen LogP contribution >= 0.6 is 0 Å². The lowest BCUT2D eigenvalue weighted by Gasteiger charge is -2.62. The van der Waals surface area contributed by atoms with Crippen LogP contribution in [0.3, 0.4) is 0 Å². The summed E-state index contributed by atoms with van der Waals surface area (Å²) in [6.07, 6.45) is 0.443. The highest BCUT2D eigenvalue weighted by molar-refractivity contribution is 6.00. The number of carbonyl (C=O) groups excluding carboxylic acids is 1. The molecule has 0 aromatic heterocycles. The van der Waals surface area contributed by atoms with Crippen LogP contribution in [0.4, 0.5) is 0 Å². The van der Waals surface area contributed by atoms with E-state index in [9.17, 15) is 35.4 Å². The fourth-order valence-electron chi connectivity index (χ4n) is 8.45. The van der Waals surface area contributed by atoms with Gasteiger partial charge in [-0.2, -0.15) is 0 Å². The Morgan fingerprint density at radius 3 is 2.14 bits per heavy atom. The minimum absolute atomic E-state index is 0.0208. The zero-order valence-electron chi connectivity index (χ0n) is 23.1. The van der Waals surface area contributed by atoms with Gasteiger partial charge in [0.05, 0.1) is 29.5 Å². The maximum atomic E-state index is 13.4. The van der Waals surface area contributed by atoms with E-state index in [0.717, 1.165) is 0 Å². The zero-order valence-corrected chi connectivity index (χ0v) is 23.1. The Kier molecular flexibility index (Phi) is 6.52. The number of hydrogen-bond donors (Lipinski definition) is 6. The number of hydrogen-bond acceptors (Lipinski definition) is 7. The summed E-state index contributed by atoms with van der Waals surface area (Å²) in [7, 11) is 0. The summed E-state index contributed by atoms with van der Waals surface area (Å²) in [5.41, 5.74) is -5.84. The van der Waals surface area contributed by atoms with Crippen molar-refractivity contribution in [2.75, 3.05) is 0 Å². The average molecular weight is 509 g/mol. The third kappa shape index (κ3) is 3.64. The van der Waals surface area contributed by atoms with Gasteiger partial charge in [-0.05, 0) is 80.3 Å². The van der Waals surface area contributed by atoms with E-state index in [-0.39, 0.29) is 36.0 Å². The molecular weight excluding hydrogens is 460 g/mol. The van der Waals surface area contributed by atoms with Crippen molar-refractivity contribution in [3.8, 4) is 0 Å². The van der Waals surface area contributed by atoms with Crippen molar-refractivity contribution in [2.45, 2.75) is 129 Å². The van der Waals surface area contributed by atoms with Crippen LogP contribution in [0.2, 0.25) is 0 Å². The van der Waals surface area contributed by atoms with Crippen LogP contribution in [-0.2, 0) is 4.79 Å². The predicted molar refractivity (Wildman–Crippen MR) is 136 cm³/mol. The van der Waals surface area contributed by atoms with E-state index in [1.54, 1.807) is 13.8 Å². The first-order chi connectivity index (χ1) is 16.3. The summed E-state index contributed by atoms with van der Waals surface area (Å²) in [5, 5.41) is 67.6. The van der Waals surface area contributed by atoms with Gasteiger partial charge in [-0.3, -0.25) is 4.79 Å². The average Bonchev–Trinajstić information content (AvgIpc) is 3.03. The molecule has 6 N–H and O–H groups in total. The number of aliphatic hydroxyl groups excluding tert-OH is 3. The molecule has 0 aliphatic heterocycles. The van der Waals surface area contributed by atoms with Gasteiger partial charge in [-0.1, -0.05) is 41.5 Å². The standard InChI is InChI=1S/C29H48O7/c1-16(24(2,3)4)12-22(32)27(7,34)21-9-11-28(35)18-13-23(33)29(36)15-20(31)19(30)14-26(29,6)17(18)8-10-25(21,28)5/h13,16-17,19-22,30-32,34-36H,8-12,14-15H2,1-7H3/t16-,17?,19+,20-,21+,22-,25-,26-,27-,28-,29-/m1/s1. The van der Waals surface area contributed by atoms with Crippen molar-refractivity contribution >= 4 is 5.78 Å². The number of carbonyl (C=O) groups is 1. The third-order valence-electron chi connectivity index (χ3n) is 11.7. The van der Waals surface area contributed by atoms with Crippen LogP contribution in [-0.4, -0.2) is 71.5 Å². The Bertz CT molecular complexity index is 936. The molecule has 7 heteroatoms. The van der Waals surface area contributed by atoms with Crippen LogP contribution in [0.5, 0.6) is 0 Å². The zero-order chi connectivity index (χ0) is 27.3. The SMILES string of the molecule is C[C@H](C[C@@H](O)[C@](C)(O)[C@H]1CC[C@@]2(O)C3=CC(=O)[C@]4(O)C[C@@H](O)[C@@H](O)C[C@]4(C)C3CC[C@]12C)C(C)(C)C. The van der Waals surface area contributed by atoms with E-state index in [1.165, 1.54) is 6.08 Å². The molecule has 7 nitrogen and oxygen atoms in total. The second-order valence-electron chi connectivity index (χ2n) is 14.5. The fraction of sp³-hybridized carbons (Fsp3) is 0.897. The quantitative estimate of drug-likeness (QED) is 0.343. The predicted octanol–water partition coefficient (Wildman–Crippen LogP) is 2.49. The molecule has 0 radical (unpaired) electrons. The maximum Gasteiger partial charge on any atom is 0.187 e. The van der Waals surface area contributed by atoms with Gasteiger partial charge in [0.15, 0.2) is 5.78 Å². The maximum absolute atomic E-state index is 13.4. The van der Waals surface area contributed by atoms with Gasteiger partial charge in [0.1, 0.15) is 5.60 Å². The summed E-state index contributed by atoms with van der Waals surface area (Å²) >= 11 is 0. The van der Waals surface area contributed by atoms with E-state index < -0.39 is 51.7 Å². The monoisotopic (exact) mass is 508 g/mol. The second-order valence-corrected chi connectivity index (χ2v) is 14.5. The highest BCUT2D eigenvalue weighted by Crippen LogP contribution is 2.69. The van der Waals surface area contributed by atoms with Crippen molar-refractivity contribution in [2.24, 2.45) is 34.0 Å². The largest absolute Gasteiger partial charge is 0.390 e. The summed E-state index contributed by atoms with van der Waals surface area (Å²) in [5.74, 6) is -1.09. The molecule has 36 heavy (non-hydrogen) atoms. The number of fused-ring (bicyclic) bond motifs is 5. The first-order valence-electron chi connectivity index (χ1n) is 13.7. The molecule has 0 bridgehead atoms. The Balaban J connectivity index is 1.70. The third-order valence-corrected chi connectivity index (χ3v) is 11.7. The van der Waals surface area contributed by atoms with Crippen LogP contribution in [0.25, 0.3) is 0 Å². The molecule has 0 spiro atoms. The molecule has 4 aliphatic rings. The molecule has 11 atom stereocenters. The fourth-order valence-corrected chi connectivity index (χ4v) is 8.45. The summed E-state index contributed by atoms with van der Waals surface area (Å²) < 4.78 is 0. The molecule has 4 rings (SSSR count). The summed E-state index contributed by atoms with van der Waals surface area (Å²) in [6, 6.07) is 0. The van der Waals surface area contributed by atoms with Crippen LogP contribution in [0, 0.1) is 34.0 Å². The molecule has 0 heterocycles. The lowest BCUT2D eigenvalue weighted by Crippen LogP contribution is -2.69. The normalized spacial score (nSPS) is 48.2. The van der Waals surface area contributed by atoms with Gasteiger partial charge in [0, 0.05) is 17.3 Å². The Hall–Kier alpha value is -0.830. The molecule has 206 valence electrons. The van der Waals surface area contributed by atoms with E-state index in [1.807, 2.05) is 6.92 Å². The molecular formula is C29H48O7. The van der Waals surface area contributed by atoms with Crippen molar-refractivity contribution in [3.05, 3.63) is 11.6 Å².